The minimum absolute atomic E-state index is 0.0551. The molecule has 2 heteroatoms. The van der Waals surface area contributed by atoms with Gasteiger partial charge in [-0.3, -0.25) is 0 Å². The molecule has 0 amide bonds. The van der Waals surface area contributed by atoms with Crippen molar-refractivity contribution in [3.05, 3.63) is 36.2 Å². The van der Waals surface area contributed by atoms with Crippen LogP contribution in [0.1, 0.15) is 12.5 Å². The molecule has 0 bridgehead atoms. The molecule has 59 valence electrons. The molecule has 0 saturated heterocycles. The van der Waals surface area contributed by atoms with Crippen LogP contribution in [-0.4, -0.2) is 11.1 Å². The van der Waals surface area contributed by atoms with E-state index in [-0.39, 0.29) is 11.8 Å². The smallest absolute Gasteiger partial charge is 0.115 e. The number of aromatic hydroxyl groups is 1. The summed E-state index contributed by atoms with van der Waals surface area (Å²) in [5, 5.41) is 8.95. The van der Waals surface area contributed by atoms with E-state index in [0.29, 0.717) is 0 Å². The lowest BCUT2D eigenvalue weighted by molar-refractivity contribution is 0.475. The van der Waals surface area contributed by atoms with Crippen LogP contribution >= 0.6 is 0 Å². The predicted octanol–water partition coefficient (Wildman–Crippen LogP) is 1.29. The van der Waals surface area contributed by atoms with E-state index in [1.165, 1.54) is 0 Å². The first-order chi connectivity index (χ1) is 5.18. The van der Waals surface area contributed by atoms with Gasteiger partial charge in [-0.2, -0.15) is 0 Å². The lowest BCUT2D eigenvalue weighted by Gasteiger charge is -2.03. The molecule has 1 radical (unpaired) electrons. The van der Waals surface area contributed by atoms with Crippen LogP contribution in [0.25, 0.3) is 0 Å². The second-order valence-electron chi connectivity index (χ2n) is 2.62. The highest BCUT2D eigenvalue weighted by molar-refractivity contribution is 5.31. The standard InChI is InChI=1S/C9H12NO/c1-7(10)6-8-2-4-9(11)5-3-8/h2-7,11H,10H2,1H3. The molecular formula is C9H12NO. The number of benzene rings is 1. The van der Waals surface area contributed by atoms with Gasteiger partial charge in [0.05, 0.1) is 0 Å². The van der Waals surface area contributed by atoms with Gasteiger partial charge in [0.2, 0.25) is 0 Å². The zero-order valence-electron chi connectivity index (χ0n) is 6.49. The average Bonchev–Trinajstić information content (AvgIpc) is 1.93. The Balaban J connectivity index is 2.66. The molecule has 0 aliphatic rings. The molecule has 0 aliphatic heterocycles. The van der Waals surface area contributed by atoms with Crippen LogP contribution in [0.15, 0.2) is 24.3 Å². The van der Waals surface area contributed by atoms with Gasteiger partial charge >= 0.3 is 0 Å². The molecule has 3 N–H and O–H groups in total. The number of hydrogen-bond donors (Lipinski definition) is 2. The van der Waals surface area contributed by atoms with E-state index in [4.69, 9.17) is 10.8 Å². The van der Waals surface area contributed by atoms with Crippen LogP contribution < -0.4 is 5.73 Å². The fourth-order valence-electron chi connectivity index (χ4n) is 0.889. The number of hydrogen-bond acceptors (Lipinski definition) is 2. The Bertz CT molecular complexity index is 216. The Morgan fingerprint density at radius 3 is 2.36 bits per heavy atom. The van der Waals surface area contributed by atoms with Crippen molar-refractivity contribution in [2.24, 2.45) is 5.73 Å². The summed E-state index contributed by atoms with van der Waals surface area (Å²) in [6.45, 7) is 1.91. The van der Waals surface area contributed by atoms with Crippen molar-refractivity contribution >= 4 is 0 Å². The monoisotopic (exact) mass is 150 g/mol. The summed E-state index contributed by atoms with van der Waals surface area (Å²) < 4.78 is 0. The number of nitrogens with two attached hydrogens (primary N) is 1. The molecule has 0 aromatic heterocycles. The summed E-state index contributed by atoms with van der Waals surface area (Å²) >= 11 is 0. The molecule has 1 unspecified atom stereocenters. The summed E-state index contributed by atoms with van der Waals surface area (Å²) in [6, 6.07) is 7.01. The first kappa shape index (κ1) is 8.08. The molecule has 0 fully saturated rings. The van der Waals surface area contributed by atoms with E-state index in [9.17, 15) is 0 Å². The molecule has 0 spiro atoms. The number of phenols is 1. The zero-order chi connectivity index (χ0) is 8.27. The molecule has 0 heterocycles. The quantitative estimate of drug-likeness (QED) is 0.667. The minimum atomic E-state index is 0.0551. The largest absolute Gasteiger partial charge is 0.508 e. The summed E-state index contributed by atoms with van der Waals surface area (Å²) in [7, 11) is 0. The summed E-state index contributed by atoms with van der Waals surface area (Å²) in [6.07, 6.45) is 1.93. The van der Waals surface area contributed by atoms with Crippen LogP contribution in [-0.2, 0) is 0 Å². The lowest BCUT2D eigenvalue weighted by Crippen LogP contribution is -2.15. The van der Waals surface area contributed by atoms with Gasteiger partial charge in [0, 0.05) is 12.5 Å². The lowest BCUT2D eigenvalue weighted by atomic mass is 10.1. The Morgan fingerprint density at radius 2 is 1.91 bits per heavy atom. The predicted molar refractivity (Wildman–Crippen MR) is 45.2 cm³/mol. The van der Waals surface area contributed by atoms with Crippen LogP contribution in [0.2, 0.25) is 0 Å². The maximum Gasteiger partial charge on any atom is 0.115 e. The third-order valence-corrected chi connectivity index (χ3v) is 1.35. The third kappa shape index (κ3) is 2.60. The first-order valence-corrected chi connectivity index (χ1v) is 3.58. The van der Waals surface area contributed by atoms with Gasteiger partial charge in [0.1, 0.15) is 5.75 Å². The molecular weight excluding hydrogens is 138 g/mol. The normalized spacial score (nSPS) is 12.9. The molecule has 1 aromatic rings. The van der Waals surface area contributed by atoms with Crippen molar-refractivity contribution < 1.29 is 5.11 Å². The maximum absolute atomic E-state index is 8.95. The van der Waals surface area contributed by atoms with Gasteiger partial charge in [-0.25, -0.2) is 0 Å². The molecule has 11 heavy (non-hydrogen) atoms. The Morgan fingerprint density at radius 1 is 1.36 bits per heavy atom. The van der Waals surface area contributed by atoms with Crippen molar-refractivity contribution in [3.63, 3.8) is 0 Å². The number of phenolic OH excluding ortho intramolecular Hbond substituents is 1. The van der Waals surface area contributed by atoms with E-state index in [2.05, 4.69) is 0 Å². The van der Waals surface area contributed by atoms with Crippen molar-refractivity contribution in [2.75, 3.05) is 0 Å². The molecule has 2 nitrogen and oxygen atoms in total. The second kappa shape index (κ2) is 3.39. The first-order valence-electron chi connectivity index (χ1n) is 3.58. The Labute approximate surface area is 66.7 Å². The zero-order valence-corrected chi connectivity index (χ0v) is 6.49. The minimum Gasteiger partial charge on any atom is -0.508 e. The van der Waals surface area contributed by atoms with Crippen LogP contribution in [0.5, 0.6) is 5.75 Å². The van der Waals surface area contributed by atoms with Crippen LogP contribution in [0.4, 0.5) is 0 Å². The van der Waals surface area contributed by atoms with Crippen LogP contribution in [0.3, 0.4) is 0 Å². The number of rotatable bonds is 2. The summed E-state index contributed by atoms with van der Waals surface area (Å²) in [5.74, 6) is 0.284. The molecule has 0 saturated carbocycles. The Kier molecular flexibility index (Phi) is 2.49. The molecule has 1 atom stereocenters. The molecule has 1 aromatic carbocycles. The van der Waals surface area contributed by atoms with Gasteiger partial charge in [0.25, 0.3) is 0 Å². The Hall–Kier alpha value is -1.02. The van der Waals surface area contributed by atoms with Gasteiger partial charge in [-0.15, -0.1) is 0 Å². The maximum atomic E-state index is 8.95. The fourth-order valence-corrected chi connectivity index (χ4v) is 0.889. The van der Waals surface area contributed by atoms with Gasteiger partial charge < -0.3 is 10.8 Å². The van der Waals surface area contributed by atoms with E-state index in [0.717, 1.165) is 5.56 Å². The van der Waals surface area contributed by atoms with Gasteiger partial charge in [-0.05, 0) is 24.6 Å². The second-order valence-corrected chi connectivity index (χ2v) is 2.62. The SMILES string of the molecule is CC(N)[CH]c1ccc(O)cc1. The van der Waals surface area contributed by atoms with Crippen molar-refractivity contribution in [1.82, 2.24) is 0 Å². The topological polar surface area (TPSA) is 46.2 Å². The average molecular weight is 150 g/mol. The van der Waals surface area contributed by atoms with Gasteiger partial charge in [0.15, 0.2) is 0 Å². The van der Waals surface area contributed by atoms with E-state index in [1.54, 1.807) is 12.1 Å². The highest BCUT2D eigenvalue weighted by Gasteiger charge is 1.96. The summed E-state index contributed by atoms with van der Waals surface area (Å²) in [5.41, 5.74) is 6.58. The molecule has 0 aliphatic carbocycles. The van der Waals surface area contributed by atoms with Crippen molar-refractivity contribution in [2.45, 2.75) is 13.0 Å². The van der Waals surface area contributed by atoms with E-state index >= 15 is 0 Å². The van der Waals surface area contributed by atoms with Crippen LogP contribution in [0, 0.1) is 6.42 Å². The third-order valence-electron chi connectivity index (χ3n) is 1.35. The van der Waals surface area contributed by atoms with E-state index in [1.807, 2.05) is 25.5 Å². The highest BCUT2D eigenvalue weighted by atomic mass is 16.3. The molecule has 1 rings (SSSR count). The van der Waals surface area contributed by atoms with Gasteiger partial charge in [-0.1, -0.05) is 12.1 Å². The van der Waals surface area contributed by atoms with Crippen molar-refractivity contribution in [1.29, 1.82) is 0 Å². The van der Waals surface area contributed by atoms with Crippen molar-refractivity contribution in [3.8, 4) is 5.75 Å². The van der Waals surface area contributed by atoms with E-state index < -0.39 is 0 Å². The highest BCUT2D eigenvalue weighted by Crippen LogP contribution is 2.11. The summed E-state index contributed by atoms with van der Waals surface area (Å²) in [4.78, 5) is 0. The fraction of sp³-hybridized carbons (Fsp3) is 0.222.